The SMILES string of the molecule is CCC(C)(C=CNc1ncnc2ccc([N+](=O)[O-])cc12)CC. The number of non-ortho nitro benzene ring substituents is 1. The lowest BCUT2D eigenvalue weighted by atomic mass is 9.85. The van der Waals surface area contributed by atoms with Gasteiger partial charge in [-0.1, -0.05) is 26.8 Å². The van der Waals surface area contributed by atoms with Crippen molar-refractivity contribution >= 4 is 22.4 Å². The van der Waals surface area contributed by atoms with Gasteiger partial charge in [-0.25, -0.2) is 9.97 Å². The number of rotatable bonds is 6. The number of hydrogen-bond acceptors (Lipinski definition) is 5. The van der Waals surface area contributed by atoms with Crippen molar-refractivity contribution in [2.45, 2.75) is 33.6 Å². The molecule has 116 valence electrons. The molecule has 0 aliphatic carbocycles. The summed E-state index contributed by atoms with van der Waals surface area (Å²) in [4.78, 5) is 18.8. The van der Waals surface area contributed by atoms with Crippen molar-refractivity contribution < 1.29 is 4.92 Å². The van der Waals surface area contributed by atoms with Crippen LogP contribution in [0.15, 0.2) is 36.8 Å². The lowest BCUT2D eigenvalue weighted by Crippen LogP contribution is -2.10. The van der Waals surface area contributed by atoms with Crippen LogP contribution in [0.4, 0.5) is 11.5 Å². The van der Waals surface area contributed by atoms with E-state index in [1.165, 1.54) is 18.5 Å². The molecule has 0 spiro atoms. The number of allylic oxidation sites excluding steroid dienone is 1. The minimum Gasteiger partial charge on any atom is -0.346 e. The van der Waals surface area contributed by atoms with Gasteiger partial charge in [0.1, 0.15) is 12.1 Å². The lowest BCUT2D eigenvalue weighted by molar-refractivity contribution is -0.384. The number of nitrogens with zero attached hydrogens (tertiary/aromatic N) is 3. The predicted octanol–water partition coefficient (Wildman–Crippen LogP) is 4.29. The molecule has 22 heavy (non-hydrogen) atoms. The van der Waals surface area contributed by atoms with E-state index in [0.717, 1.165) is 12.8 Å². The Morgan fingerprint density at radius 2 is 2.05 bits per heavy atom. The van der Waals surface area contributed by atoms with Crippen LogP contribution in [-0.2, 0) is 0 Å². The molecule has 2 aromatic rings. The summed E-state index contributed by atoms with van der Waals surface area (Å²) in [6.07, 6.45) is 7.49. The van der Waals surface area contributed by atoms with Crippen molar-refractivity contribution in [1.82, 2.24) is 9.97 Å². The average molecular weight is 300 g/mol. The second kappa shape index (κ2) is 6.51. The highest BCUT2D eigenvalue weighted by Crippen LogP contribution is 2.28. The third kappa shape index (κ3) is 3.39. The summed E-state index contributed by atoms with van der Waals surface area (Å²) in [7, 11) is 0. The summed E-state index contributed by atoms with van der Waals surface area (Å²) in [6, 6.07) is 4.57. The Morgan fingerprint density at radius 1 is 1.32 bits per heavy atom. The third-order valence-corrected chi connectivity index (χ3v) is 4.15. The van der Waals surface area contributed by atoms with Gasteiger partial charge in [-0.05, 0) is 30.5 Å². The van der Waals surface area contributed by atoms with Gasteiger partial charge in [0, 0.05) is 17.5 Å². The van der Waals surface area contributed by atoms with Crippen LogP contribution in [0, 0.1) is 15.5 Å². The van der Waals surface area contributed by atoms with E-state index in [1.807, 2.05) is 6.20 Å². The summed E-state index contributed by atoms with van der Waals surface area (Å²) in [6.45, 7) is 6.49. The van der Waals surface area contributed by atoms with E-state index in [2.05, 4.69) is 42.1 Å². The molecule has 0 radical (unpaired) electrons. The summed E-state index contributed by atoms with van der Waals surface area (Å²) in [5, 5.41) is 14.7. The van der Waals surface area contributed by atoms with Crippen molar-refractivity contribution in [2.75, 3.05) is 5.32 Å². The monoisotopic (exact) mass is 300 g/mol. The predicted molar refractivity (Wildman–Crippen MR) is 87.6 cm³/mol. The molecule has 6 nitrogen and oxygen atoms in total. The molecule has 1 aromatic carbocycles. The van der Waals surface area contributed by atoms with Crippen molar-refractivity contribution in [1.29, 1.82) is 0 Å². The highest BCUT2D eigenvalue weighted by molar-refractivity contribution is 5.90. The molecule has 1 N–H and O–H groups in total. The summed E-state index contributed by atoms with van der Waals surface area (Å²) < 4.78 is 0. The lowest BCUT2D eigenvalue weighted by Gasteiger charge is -2.21. The summed E-state index contributed by atoms with van der Waals surface area (Å²) in [5.41, 5.74) is 0.827. The number of nitro benzene ring substituents is 1. The van der Waals surface area contributed by atoms with Crippen LogP contribution >= 0.6 is 0 Å². The zero-order chi connectivity index (χ0) is 16.2. The van der Waals surface area contributed by atoms with Crippen molar-refractivity contribution in [3.05, 3.63) is 46.9 Å². The molecule has 6 heteroatoms. The molecule has 1 heterocycles. The molecule has 0 aliphatic rings. The van der Waals surface area contributed by atoms with Gasteiger partial charge >= 0.3 is 0 Å². The van der Waals surface area contributed by atoms with Gasteiger partial charge in [0.05, 0.1) is 10.4 Å². The van der Waals surface area contributed by atoms with Gasteiger partial charge in [-0.2, -0.15) is 0 Å². The molecule has 2 rings (SSSR count). The Labute approximate surface area is 129 Å². The van der Waals surface area contributed by atoms with Gasteiger partial charge < -0.3 is 5.32 Å². The third-order valence-electron chi connectivity index (χ3n) is 4.15. The number of fused-ring (bicyclic) bond motifs is 1. The summed E-state index contributed by atoms with van der Waals surface area (Å²) >= 11 is 0. The molecule has 0 saturated carbocycles. The fraction of sp³-hybridized carbons (Fsp3) is 0.375. The van der Waals surface area contributed by atoms with Gasteiger partial charge in [-0.15, -0.1) is 0 Å². The maximum absolute atomic E-state index is 10.9. The van der Waals surface area contributed by atoms with E-state index >= 15 is 0 Å². The fourth-order valence-electron chi connectivity index (χ4n) is 2.08. The number of benzene rings is 1. The number of nitrogens with one attached hydrogen (secondary N) is 1. The van der Waals surface area contributed by atoms with Crippen molar-refractivity contribution in [3.8, 4) is 0 Å². The second-order valence-electron chi connectivity index (χ2n) is 5.52. The first kappa shape index (κ1) is 15.9. The van der Waals surface area contributed by atoms with Crippen LogP contribution in [0.1, 0.15) is 33.6 Å². The van der Waals surface area contributed by atoms with Gasteiger partial charge in [0.2, 0.25) is 0 Å². The molecule has 0 fully saturated rings. The van der Waals surface area contributed by atoms with E-state index in [9.17, 15) is 10.1 Å². The molecular formula is C16H20N4O2. The van der Waals surface area contributed by atoms with E-state index in [4.69, 9.17) is 0 Å². The maximum atomic E-state index is 10.9. The Balaban J connectivity index is 2.33. The van der Waals surface area contributed by atoms with E-state index < -0.39 is 4.92 Å². The Hall–Kier alpha value is -2.50. The number of aromatic nitrogens is 2. The number of hydrogen-bond donors (Lipinski definition) is 1. The highest BCUT2D eigenvalue weighted by Gasteiger charge is 2.15. The quantitative estimate of drug-likeness (QED) is 0.635. The van der Waals surface area contributed by atoms with Crippen LogP contribution in [0.25, 0.3) is 10.9 Å². The first-order chi connectivity index (χ1) is 10.5. The molecule has 0 aliphatic heterocycles. The van der Waals surface area contributed by atoms with Gasteiger partial charge in [-0.3, -0.25) is 10.1 Å². The first-order valence-electron chi connectivity index (χ1n) is 7.32. The number of nitro groups is 1. The zero-order valence-corrected chi connectivity index (χ0v) is 13.0. The Bertz CT molecular complexity index is 708. The van der Waals surface area contributed by atoms with Crippen LogP contribution in [0.5, 0.6) is 0 Å². The molecule has 0 bridgehead atoms. The van der Waals surface area contributed by atoms with E-state index in [-0.39, 0.29) is 11.1 Å². The Morgan fingerprint density at radius 3 is 2.68 bits per heavy atom. The van der Waals surface area contributed by atoms with Crippen molar-refractivity contribution in [2.24, 2.45) is 5.41 Å². The largest absolute Gasteiger partial charge is 0.346 e. The maximum Gasteiger partial charge on any atom is 0.270 e. The topological polar surface area (TPSA) is 81.0 Å². The first-order valence-corrected chi connectivity index (χ1v) is 7.32. The highest BCUT2D eigenvalue weighted by atomic mass is 16.6. The molecular weight excluding hydrogens is 280 g/mol. The average Bonchev–Trinajstić information content (AvgIpc) is 2.54. The fourth-order valence-corrected chi connectivity index (χ4v) is 2.08. The van der Waals surface area contributed by atoms with Crippen LogP contribution in [0.3, 0.4) is 0 Å². The van der Waals surface area contributed by atoms with Crippen LogP contribution < -0.4 is 5.32 Å². The standard InChI is InChI=1S/C16H20N4O2/c1-4-16(3,5-2)8-9-17-15-13-10-12(20(21)22)6-7-14(13)18-11-19-15/h6-11H,4-5H2,1-3H3,(H,17,18,19). The minimum absolute atomic E-state index is 0.0290. The molecule has 0 unspecified atom stereocenters. The molecule has 0 atom stereocenters. The Kier molecular flexibility index (Phi) is 4.70. The van der Waals surface area contributed by atoms with Crippen LogP contribution in [0.2, 0.25) is 0 Å². The second-order valence-corrected chi connectivity index (χ2v) is 5.52. The van der Waals surface area contributed by atoms with E-state index in [0.29, 0.717) is 16.7 Å². The van der Waals surface area contributed by atoms with Gasteiger partial charge in [0.25, 0.3) is 5.69 Å². The molecule has 0 saturated heterocycles. The summed E-state index contributed by atoms with van der Waals surface area (Å²) in [5.74, 6) is 0.569. The van der Waals surface area contributed by atoms with Crippen LogP contribution in [-0.4, -0.2) is 14.9 Å². The smallest absolute Gasteiger partial charge is 0.270 e. The van der Waals surface area contributed by atoms with Crippen molar-refractivity contribution in [3.63, 3.8) is 0 Å². The van der Waals surface area contributed by atoms with Gasteiger partial charge in [0.15, 0.2) is 0 Å². The molecule has 0 amide bonds. The zero-order valence-electron chi connectivity index (χ0n) is 13.0. The number of anilines is 1. The molecule has 1 aromatic heterocycles. The normalized spacial score (nSPS) is 12.0. The van der Waals surface area contributed by atoms with E-state index in [1.54, 1.807) is 6.07 Å². The minimum atomic E-state index is -0.419.